The van der Waals surface area contributed by atoms with Gasteiger partial charge in [-0.05, 0) is 36.3 Å². The van der Waals surface area contributed by atoms with E-state index in [1.807, 2.05) is 37.4 Å². The first kappa shape index (κ1) is 19.4. The Morgan fingerprint density at radius 1 is 1.43 bits per heavy atom. The molecule has 28 heavy (non-hydrogen) atoms. The predicted molar refractivity (Wildman–Crippen MR) is 113 cm³/mol. The van der Waals surface area contributed by atoms with Crippen molar-refractivity contribution in [3.8, 4) is 5.75 Å². The van der Waals surface area contributed by atoms with Crippen LogP contribution in [0.2, 0.25) is 0 Å². The highest BCUT2D eigenvalue weighted by Gasteiger charge is 2.22. The summed E-state index contributed by atoms with van der Waals surface area (Å²) in [5.74, 6) is 1.59. The maximum atomic E-state index is 11.8. The van der Waals surface area contributed by atoms with E-state index in [0.29, 0.717) is 18.7 Å². The first-order valence-corrected chi connectivity index (χ1v) is 9.15. The van der Waals surface area contributed by atoms with E-state index in [4.69, 9.17) is 4.74 Å². The van der Waals surface area contributed by atoms with Crippen molar-refractivity contribution in [3.63, 3.8) is 0 Å². The van der Waals surface area contributed by atoms with Gasteiger partial charge in [-0.15, -0.1) is 0 Å². The van der Waals surface area contributed by atoms with Gasteiger partial charge in [0.25, 0.3) is 5.91 Å². The summed E-state index contributed by atoms with van der Waals surface area (Å²) in [6.07, 6.45) is 7.74. The number of aliphatic imine (C=N–C) groups is 1. The number of fused-ring (bicyclic) bond motifs is 1. The fraction of sp³-hybridized carbons (Fsp3) is 0.227. The summed E-state index contributed by atoms with van der Waals surface area (Å²) < 4.78 is 5.88. The molecule has 0 unspecified atom stereocenters. The molecule has 2 aromatic rings. The van der Waals surface area contributed by atoms with E-state index in [0.717, 1.165) is 40.3 Å². The lowest BCUT2D eigenvalue weighted by Gasteiger charge is -2.13. The zero-order valence-electron chi connectivity index (χ0n) is 16.2. The minimum Gasteiger partial charge on any atom is -0.492 e. The molecule has 0 spiro atoms. The van der Waals surface area contributed by atoms with Crippen LogP contribution in [0.25, 0.3) is 5.57 Å². The Bertz CT molecular complexity index is 948. The topological polar surface area (TPSA) is 75.6 Å². The molecule has 0 fully saturated rings. The second-order valence-electron chi connectivity index (χ2n) is 6.39. The van der Waals surface area contributed by atoms with Crippen LogP contribution in [0.3, 0.4) is 0 Å². The highest BCUT2D eigenvalue weighted by Crippen LogP contribution is 2.37. The number of ether oxygens (including phenoxy) is 1. The lowest BCUT2D eigenvalue weighted by Crippen LogP contribution is -2.18. The number of rotatable bonds is 7. The molecule has 2 heterocycles. The van der Waals surface area contributed by atoms with Crippen molar-refractivity contribution in [3.05, 3.63) is 71.6 Å². The molecule has 6 heteroatoms. The molecule has 2 N–H and O–H groups in total. The van der Waals surface area contributed by atoms with Crippen molar-refractivity contribution in [2.24, 2.45) is 4.99 Å². The summed E-state index contributed by atoms with van der Waals surface area (Å²) in [6.45, 7) is 6.79. The third-order valence-electron chi connectivity index (χ3n) is 4.54. The number of pyridine rings is 1. The summed E-state index contributed by atoms with van der Waals surface area (Å²) in [5, 5.41) is 6.03. The average Bonchev–Trinajstić information content (AvgIpc) is 3.21. The molecule has 0 atom stereocenters. The first-order chi connectivity index (χ1) is 13.6. The smallest absolute Gasteiger partial charge is 0.251 e. The predicted octanol–water partition coefficient (Wildman–Crippen LogP) is 3.61. The lowest BCUT2D eigenvalue weighted by atomic mass is 10.0. The highest BCUT2D eigenvalue weighted by atomic mass is 16.5. The van der Waals surface area contributed by atoms with Crippen molar-refractivity contribution in [2.75, 3.05) is 19.0 Å². The normalized spacial score (nSPS) is 13.1. The van der Waals surface area contributed by atoms with Gasteiger partial charge in [0.1, 0.15) is 11.6 Å². The van der Waals surface area contributed by atoms with Crippen LogP contribution in [0.4, 0.5) is 5.82 Å². The molecule has 0 radical (unpaired) electrons. The van der Waals surface area contributed by atoms with E-state index >= 15 is 0 Å². The molecule has 1 aliphatic heterocycles. The van der Waals surface area contributed by atoms with Gasteiger partial charge in [-0.2, -0.15) is 0 Å². The van der Waals surface area contributed by atoms with Gasteiger partial charge >= 0.3 is 0 Å². The largest absolute Gasteiger partial charge is 0.492 e. The van der Waals surface area contributed by atoms with Crippen LogP contribution in [0, 0.1) is 0 Å². The quantitative estimate of drug-likeness (QED) is 0.724. The number of carbonyl (C=O) groups is 1. The molecular weight excluding hydrogens is 352 g/mol. The molecule has 0 aliphatic carbocycles. The van der Waals surface area contributed by atoms with Crippen LogP contribution in [0.15, 0.2) is 54.3 Å². The number of aromatic nitrogens is 1. The minimum absolute atomic E-state index is 0.0964. The zero-order chi connectivity index (χ0) is 19.9. The van der Waals surface area contributed by atoms with Crippen LogP contribution in [-0.4, -0.2) is 30.8 Å². The third-order valence-corrected chi connectivity index (χ3v) is 4.54. The standard InChI is InChI=1S/C22H24N4O2/c1-4-24-10-8-15(2)19-14-26-21(18-9-11-28-20(18)19)25-13-16-6-5-7-17(12-16)22(27)23-3/h4-8,10,12,14H,1,9,11,13H2,2-3H3,(H,23,27)(H,25,26)/b15-8+,24-10?. The monoisotopic (exact) mass is 376 g/mol. The molecule has 6 nitrogen and oxygen atoms in total. The van der Waals surface area contributed by atoms with Gasteiger partial charge in [-0.25, -0.2) is 4.98 Å². The Morgan fingerprint density at radius 3 is 3.07 bits per heavy atom. The van der Waals surface area contributed by atoms with Gasteiger partial charge in [-0.3, -0.25) is 9.79 Å². The van der Waals surface area contributed by atoms with Gasteiger partial charge in [-0.1, -0.05) is 18.7 Å². The Labute approximate surface area is 165 Å². The van der Waals surface area contributed by atoms with Gasteiger partial charge < -0.3 is 15.4 Å². The molecular formula is C22H24N4O2. The fourth-order valence-corrected chi connectivity index (χ4v) is 3.08. The third kappa shape index (κ3) is 4.28. The SMILES string of the molecule is C=CN=C/C=C(\C)c1cnc(NCc2cccc(C(=O)NC)c2)c2c1OCC2. The van der Waals surface area contributed by atoms with E-state index in [9.17, 15) is 4.79 Å². The summed E-state index contributed by atoms with van der Waals surface area (Å²) >= 11 is 0. The Kier molecular flexibility index (Phi) is 6.22. The number of nitrogens with one attached hydrogen (secondary N) is 2. The summed E-state index contributed by atoms with van der Waals surface area (Å²) in [6, 6.07) is 7.54. The van der Waals surface area contributed by atoms with E-state index in [1.54, 1.807) is 19.3 Å². The molecule has 1 aliphatic rings. The number of anilines is 1. The van der Waals surface area contributed by atoms with Gasteiger partial charge in [0.05, 0.1) is 6.61 Å². The first-order valence-electron chi connectivity index (χ1n) is 9.15. The maximum Gasteiger partial charge on any atom is 0.251 e. The van der Waals surface area contributed by atoms with Crippen molar-refractivity contribution >= 4 is 23.5 Å². The number of carbonyl (C=O) groups excluding carboxylic acids is 1. The molecule has 1 aromatic heterocycles. The van der Waals surface area contributed by atoms with E-state index in [2.05, 4.69) is 27.2 Å². The maximum absolute atomic E-state index is 11.8. The molecule has 1 aromatic carbocycles. The summed E-state index contributed by atoms with van der Waals surface area (Å²) in [7, 11) is 1.63. The molecule has 0 saturated carbocycles. The van der Waals surface area contributed by atoms with Gasteiger partial charge in [0, 0.05) is 55.3 Å². The van der Waals surface area contributed by atoms with Crippen molar-refractivity contribution in [2.45, 2.75) is 19.9 Å². The molecule has 144 valence electrons. The second-order valence-corrected chi connectivity index (χ2v) is 6.39. The number of benzene rings is 1. The van der Waals surface area contributed by atoms with Crippen molar-refractivity contribution < 1.29 is 9.53 Å². The molecule has 1 amide bonds. The lowest BCUT2D eigenvalue weighted by molar-refractivity contribution is 0.0963. The number of nitrogens with zero attached hydrogens (tertiary/aromatic N) is 2. The second kappa shape index (κ2) is 8.99. The van der Waals surface area contributed by atoms with Gasteiger partial charge in [0.15, 0.2) is 0 Å². The van der Waals surface area contributed by atoms with Crippen LogP contribution in [0.1, 0.15) is 34.0 Å². The Hall–Kier alpha value is -3.41. The van der Waals surface area contributed by atoms with E-state index in [1.165, 1.54) is 6.20 Å². The number of hydrogen-bond acceptors (Lipinski definition) is 5. The summed E-state index contributed by atoms with van der Waals surface area (Å²) in [4.78, 5) is 20.4. The molecule has 0 saturated heterocycles. The zero-order valence-corrected chi connectivity index (χ0v) is 16.2. The minimum atomic E-state index is -0.0964. The van der Waals surface area contributed by atoms with Gasteiger partial charge in [0.2, 0.25) is 0 Å². The Morgan fingerprint density at radius 2 is 2.29 bits per heavy atom. The van der Waals surface area contributed by atoms with Crippen LogP contribution < -0.4 is 15.4 Å². The summed E-state index contributed by atoms with van der Waals surface area (Å²) in [5.41, 5.74) is 4.72. The van der Waals surface area contributed by atoms with Crippen LogP contribution in [-0.2, 0) is 13.0 Å². The number of hydrogen-bond donors (Lipinski definition) is 2. The number of amides is 1. The molecule has 3 rings (SSSR count). The van der Waals surface area contributed by atoms with E-state index in [-0.39, 0.29) is 5.91 Å². The average molecular weight is 376 g/mol. The van der Waals surface area contributed by atoms with Crippen molar-refractivity contribution in [1.29, 1.82) is 0 Å². The van der Waals surface area contributed by atoms with Crippen LogP contribution >= 0.6 is 0 Å². The fourth-order valence-electron chi connectivity index (χ4n) is 3.08. The number of allylic oxidation sites excluding steroid dienone is 2. The highest BCUT2D eigenvalue weighted by molar-refractivity contribution is 5.94. The van der Waals surface area contributed by atoms with Crippen molar-refractivity contribution in [1.82, 2.24) is 10.3 Å². The van der Waals surface area contributed by atoms with Crippen LogP contribution in [0.5, 0.6) is 5.75 Å². The molecule has 0 bridgehead atoms. The van der Waals surface area contributed by atoms with E-state index < -0.39 is 0 Å². The Balaban J connectivity index is 1.80.